The van der Waals surface area contributed by atoms with Gasteiger partial charge >= 0.3 is 0 Å². The number of hydrogen-bond donors (Lipinski definition) is 0. The van der Waals surface area contributed by atoms with Gasteiger partial charge in [-0.1, -0.05) is 20.8 Å². The van der Waals surface area contributed by atoms with Crippen LogP contribution in [0, 0.1) is 6.92 Å². The highest BCUT2D eigenvalue weighted by atomic mass is 32.2. The molecule has 0 aliphatic rings. The predicted octanol–water partition coefficient (Wildman–Crippen LogP) is 4.09. The Bertz CT molecular complexity index is 243. The van der Waals surface area contributed by atoms with Gasteiger partial charge in [0, 0.05) is 10.5 Å². The molecular formula is C10H16S2. The smallest absolute Gasteiger partial charge is 0.0200 e. The van der Waals surface area contributed by atoms with E-state index in [0.29, 0.717) is 4.75 Å². The third-order valence-corrected chi connectivity index (χ3v) is 3.85. The van der Waals surface area contributed by atoms with E-state index >= 15 is 0 Å². The van der Waals surface area contributed by atoms with Crippen molar-refractivity contribution >= 4 is 23.1 Å². The largest absolute Gasteiger partial charge is 0.152 e. The number of rotatable bonds is 2. The fourth-order valence-electron chi connectivity index (χ4n) is 0.829. The number of thioether (sulfide) groups is 1. The molecule has 0 atom stereocenters. The SMILES string of the molecule is Cc1cscc1CSC(C)(C)C. The van der Waals surface area contributed by atoms with Crippen LogP contribution in [0.15, 0.2) is 10.8 Å². The second kappa shape index (κ2) is 3.84. The van der Waals surface area contributed by atoms with Gasteiger partial charge in [0.2, 0.25) is 0 Å². The molecular weight excluding hydrogens is 184 g/mol. The molecule has 1 heterocycles. The van der Waals surface area contributed by atoms with Crippen LogP contribution >= 0.6 is 23.1 Å². The molecule has 0 fully saturated rings. The summed E-state index contributed by atoms with van der Waals surface area (Å²) in [6, 6.07) is 0. The van der Waals surface area contributed by atoms with Gasteiger partial charge in [-0.25, -0.2) is 0 Å². The average molecular weight is 200 g/mol. The van der Waals surface area contributed by atoms with Crippen molar-refractivity contribution in [3.8, 4) is 0 Å². The number of aryl methyl sites for hydroxylation is 1. The Balaban J connectivity index is 2.49. The second-order valence-corrected chi connectivity index (χ2v) is 6.53. The van der Waals surface area contributed by atoms with E-state index < -0.39 is 0 Å². The summed E-state index contributed by atoms with van der Waals surface area (Å²) < 4.78 is 0.383. The molecule has 0 bridgehead atoms. The van der Waals surface area contributed by atoms with E-state index in [1.807, 2.05) is 11.8 Å². The van der Waals surface area contributed by atoms with Gasteiger partial charge in [0.15, 0.2) is 0 Å². The van der Waals surface area contributed by atoms with Crippen LogP contribution < -0.4 is 0 Å². The quantitative estimate of drug-likeness (QED) is 0.693. The second-order valence-electron chi connectivity index (χ2n) is 3.98. The lowest BCUT2D eigenvalue weighted by molar-refractivity contribution is 0.802. The van der Waals surface area contributed by atoms with Crippen molar-refractivity contribution in [1.29, 1.82) is 0 Å². The van der Waals surface area contributed by atoms with Gasteiger partial charge in [-0.15, -0.1) is 0 Å². The van der Waals surface area contributed by atoms with Crippen molar-refractivity contribution < 1.29 is 0 Å². The van der Waals surface area contributed by atoms with Crippen LogP contribution in [0.2, 0.25) is 0 Å². The van der Waals surface area contributed by atoms with Crippen molar-refractivity contribution in [2.24, 2.45) is 0 Å². The van der Waals surface area contributed by atoms with Crippen molar-refractivity contribution in [2.45, 2.75) is 38.2 Å². The maximum atomic E-state index is 2.26. The fraction of sp³-hybridized carbons (Fsp3) is 0.600. The van der Waals surface area contributed by atoms with E-state index in [-0.39, 0.29) is 0 Å². The summed E-state index contributed by atoms with van der Waals surface area (Å²) in [5.41, 5.74) is 2.94. The van der Waals surface area contributed by atoms with Crippen molar-refractivity contribution in [1.82, 2.24) is 0 Å². The van der Waals surface area contributed by atoms with Gasteiger partial charge in [-0.05, 0) is 28.8 Å². The summed E-state index contributed by atoms with van der Waals surface area (Å²) >= 11 is 3.82. The standard InChI is InChI=1S/C10H16S2/c1-8-5-11-6-9(8)7-12-10(2,3)4/h5-6H,7H2,1-4H3. The first-order valence-electron chi connectivity index (χ1n) is 4.15. The highest BCUT2D eigenvalue weighted by Crippen LogP contribution is 2.29. The molecule has 0 radical (unpaired) electrons. The molecule has 1 aromatic rings. The lowest BCUT2D eigenvalue weighted by Crippen LogP contribution is -2.07. The first kappa shape index (κ1) is 10.1. The Kier molecular flexibility index (Phi) is 3.24. The van der Waals surface area contributed by atoms with Crippen molar-refractivity contribution in [3.63, 3.8) is 0 Å². The van der Waals surface area contributed by atoms with Crippen molar-refractivity contribution in [3.05, 3.63) is 21.9 Å². The van der Waals surface area contributed by atoms with Crippen molar-refractivity contribution in [2.75, 3.05) is 0 Å². The Morgan fingerprint density at radius 3 is 2.42 bits per heavy atom. The average Bonchev–Trinajstić information content (AvgIpc) is 2.29. The third-order valence-electron chi connectivity index (χ3n) is 1.62. The molecule has 0 aromatic carbocycles. The van der Waals surface area contributed by atoms with Crippen LogP contribution in [-0.4, -0.2) is 4.75 Å². The molecule has 0 saturated heterocycles. The van der Waals surface area contributed by atoms with Crippen LogP contribution in [0.4, 0.5) is 0 Å². The third kappa shape index (κ3) is 3.20. The van der Waals surface area contributed by atoms with E-state index in [9.17, 15) is 0 Å². The predicted molar refractivity (Wildman–Crippen MR) is 60.1 cm³/mol. The summed E-state index contributed by atoms with van der Waals surface area (Å²) in [7, 11) is 0. The zero-order chi connectivity index (χ0) is 9.19. The van der Waals surface area contributed by atoms with Crippen LogP contribution in [0.3, 0.4) is 0 Å². The summed E-state index contributed by atoms with van der Waals surface area (Å²) in [5.74, 6) is 1.15. The van der Waals surface area contributed by atoms with Gasteiger partial charge in [0.1, 0.15) is 0 Å². The van der Waals surface area contributed by atoms with E-state index in [0.717, 1.165) is 5.75 Å². The Labute approximate surface area is 83.4 Å². The number of hydrogen-bond acceptors (Lipinski definition) is 2. The topological polar surface area (TPSA) is 0 Å². The maximum absolute atomic E-state index is 2.26. The molecule has 0 unspecified atom stereocenters. The zero-order valence-electron chi connectivity index (χ0n) is 8.18. The first-order chi connectivity index (χ1) is 5.49. The minimum Gasteiger partial charge on any atom is -0.152 e. The minimum atomic E-state index is 0.383. The van der Waals surface area contributed by atoms with Crippen LogP contribution in [0.1, 0.15) is 31.9 Å². The lowest BCUT2D eigenvalue weighted by Gasteiger charge is -2.17. The molecule has 0 nitrogen and oxygen atoms in total. The summed E-state index contributed by atoms with van der Waals surface area (Å²) in [5, 5.41) is 4.48. The van der Waals surface area contributed by atoms with Crippen LogP contribution in [0.25, 0.3) is 0 Å². The molecule has 0 N–H and O–H groups in total. The van der Waals surface area contributed by atoms with Gasteiger partial charge in [-0.3, -0.25) is 0 Å². The Morgan fingerprint density at radius 2 is 2.00 bits per heavy atom. The maximum Gasteiger partial charge on any atom is 0.0200 e. The fourth-order valence-corrected chi connectivity index (χ4v) is 2.69. The van der Waals surface area contributed by atoms with Crippen LogP contribution in [-0.2, 0) is 5.75 Å². The lowest BCUT2D eigenvalue weighted by atomic mass is 10.2. The highest BCUT2D eigenvalue weighted by molar-refractivity contribution is 7.99. The molecule has 0 aliphatic carbocycles. The van der Waals surface area contributed by atoms with E-state index in [1.165, 1.54) is 11.1 Å². The van der Waals surface area contributed by atoms with Gasteiger partial charge in [0.25, 0.3) is 0 Å². The van der Waals surface area contributed by atoms with Gasteiger partial charge in [-0.2, -0.15) is 23.1 Å². The van der Waals surface area contributed by atoms with Crippen LogP contribution in [0.5, 0.6) is 0 Å². The van der Waals surface area contributed by atoms with E-state index in [1.54, 1.807) is 11.3 Å². The Morgan fingerprint density at radius 1 is 1.33 bits per heavy atom. The first-order valence-corrected chi connectivity index (χ1v) is 6.07. The van der Waals surface area contributed by atoms with E-state index in [2.05, 4.69) is 38.5 Å². The molecule has 1 aromatic heterocycles. The normalized spacial score (nSPS) is 12.0. The molecule has 12 heavy (non-hydrogen) atoms. The molecule has 68 valence electrons. The molecule has 0 aliphatic heterocycles. The molecule has 0 amide bonds. The van der Waals surface area contributed by atoms with E-state index in [4.69, 9.17) is 0 Å². The zero-order valence-corrected chi connectivity index (χ0v) is 9.81. The Hall–Kier alpha value is 0.0500. The summed E-state index contributed by atoms with van der Waals surface area (Å²) in [4.78, 5) is 0. The minimum absolute atomic E-state index is 0.383. The highest BCUT2D eigenvalue weighted by Gasteiger charge is 2.11. The molecule has 0 saturated carbocycles. The van der Waals surface area contributed by atoms with Gasteiger partial charge < -0.3 is 0 Å². The monoisotopic (exact) mass is 200 g/mol. The molecule has 2 heteroatoms. The number of thiophene rings is 1. The summed E-state index contributed by atoms with van der Waals surface area (Å²) in [6.45, 7) is 8.98. The summed E-state index contributed by atoms with van der Waals surface area (Å²) in [6.07, 6.45) is 0. The van der Waals surface area contributed by atoms with Gasteiger partial charge in [0.05, 0.1) is 0 Å². The molecule has 1 rings (SSSR count). The molecule has 0 spiro atoms.